The van der Waals surface area contributed by atoms with Crippen molar-refractivity contribution in [3.63, 3.8) is 0 Å². The first-order chi connectivity index (χ1) is 12.6. The van der Waals surface area contributed by atoms with Crippen molar-refractivity contribution >= 4 is 23.5 Å². The maximum atomic E-state index is 14.4. The van der Waals surface area contributed by atoms with Crippen LogP contribution in [0, 0.1) is 5.95 Å². The van der Waals surface area contributed by atoms with Gasteiger partial charge in [-0.25, -0.2) is 4.79 Å². The van der Waals surface area contributed by atoms with Gasteiger partial charge in [0.05, 0.1) is 11.6 Å². The molecule has 1 aliphatic heterocycles. The summed E-state index contributed by atoms with van der Waals surface area (Å²) in [6.45, 7) is 6.52. The summed E-state index contributed by atoms with van der Waals surface area (Å²) in [6.07, 6.45) is 2.54. The number of nitrogens with zero attached hydrogens (tertiary/aromatic N) is 5. The van der Waals surface area contributed by atoms with Crippen molar-refractivity contribution in [1.29, 1.82) is 0 Å². The molecule has 3 rings (SSSR count). The predicted molar refractivity (Wildman–Crippen MR) is 98.7 cm³/mol. The Morgan fingerprint density at radius 1 is 1.30 bits per heavy atom. The van der Waals surface area contributed by atoms with Crippen LogP contribution in [0.15, 0.2) is 12.3 Å². The van der Waals surface area contributed by atoms with Gasteiger partial charge in [-0.05, 0) is 39.7 Å². The number of amides is 1. The molecule has 3 heterocycles. The van der Waals surface area contributed by atoms with Crippen LogP contribution in [0.5, 0.6) is 0 Å². The Balaban J connectivity index is 1.71. The third-order valence-electron chi connectivity index (χ3n) is 4.26. The predicted octanol–water partition coefficient (Wildman–Crippen LogP) is 3.29. The number of ether oxygens (including phenoxy) is 1. The fourth-order valence-electron chi connectivity index (χ4n) is 2.97. The Hall–Kier alpha value is -2.42. The lowest BCUT2D eigenvalue weighted by Crippen LogP contribution is -2.42. The van der Waals surface area contributed by atoms with Crippen LogP contribution in [-0.2, 0) is 4.74 Å². The molecule has 0 atom stereocenters. The van der Waals surface area contributed by atoms with E-state index >= 15 is 0 Å². The average molecular weight is 397 g/mol. The topological polar surface area (TPSA) is 99.2 Å². The monoisotopic (exact) mass is 396 g/mol. The van der Waals surface area contributed by atoms with E-state index in [1.165, 1.54) is 6.07 Å². The van der Waals surface area contributed by atoms with Crippen LogP contribution in [0.1, 0.15) is 39.7 Å². The van der Waals surface area contributed by atoms with E-state index < -0.39 is 11.5 Å². The van der Waals surface area contributed by atoms with Gasteiger partial charge in [-0.1, -0.05) is 11.6 Å². The summed E-state index contributed by atoms with van der Waals surface area (Å²) >= 11 is 5.84. The number of rotatable bonds is 2. The van der Waals surface area contributed by atoms with Crippen LogP contribution in [0.25, 0.3) is 11.1 Å². The summed E-state index contributed by atoms with van der Waals surface area (Å²) in [5.74, 6) is -0.571. The number of hydrogen-bond acceptors (Lipinski definition) is 6. The van der Waals surface area contributed by atoms with Crippen molar-refractivity contribution in [1.82, 2.24) is 24.9 Å². The van der Waals surface area contributed by atoms with Crippen LogP contribution in [0.4, 0.5) is 15.0 Å². The summed E-state index contributed by atoms with van der Waals surface area (Å²) in [4.78, 5) is 13.8. The van der Waals surface area contributed by atoms with E-state index in [1.54, 1.807) is 15.8 Å². The summed E-state index contributed by atoms with van der Waals surface area (Å²) in [6, 6.07) is 1.43. The fourth-order valence-corrected chi connectivity index (χ4v) is 3.12. The number of aromatic nitrogens is 4. The molecule has 2 aromatic rings. The van der Waals surface area contributed by atoms with Gasteiger partial charge in [0.1, 0.15) is 5.60 Å². The van der Waals surface area contributed by atoms with E-state index in [-0.39, 0.29) is 28.7 Å². The van der Waals surface area contributed by atoms with Gasteiger partial charge in [0.25, 0.3) is 0 Å². The minimum atomic E-state index is -0.652. The first kappa shape index (κ1) is 19.3. The number of hydrogen-bond donors (Lipinski definition) is 1. The first-order valence-electron chi connectivity index (χ1n) is 8.65. The van der Waals surface area contributed by atoms with E-state index in [0.29, 0.717) is 31.5 Å². The van der Waals surface area contributed by atoms with E-state index in [4.69, 9.17) is 22.1 Å². The minimum absolute atomic E-state index is 0.0292. The highest BCUT2D eigenvalue weighted by atomic mass is 35.5. The summed E-state index contributed by atoms with van der Waals surface area (Å²) in [5, 5.41) is 11.4. The Bertz CT molecular complexity index is 842. The molecule has 27 heavy (non-hydrogen) atoms. The molecule has 2 N–H and O–H groups in total. The quantitative estimate of drug-likeness (QED) is 0.836. The van der Waals surface area contributed by atoms with Gasteiger partial charge in [0.2, 0.25) is 5.95 Å². The largest absolute Gasteiger partial charge is 0.444 e. The molecule has 1 amide bonds. The van der Waals surface area contributed by atoms with Crippen LogP contribution in [0.2, 0.25) is 5.15 Å². The van der Waals surface area contributed by atoms with E-state index in [9.17, 15) is 9.18 Å². The molecule has 0 aromatic carbocycles. The maximum absolute atomic E-state index is 14.4. The lowest BCUT2D eigenvalue weighted by molar-refractivity contribution is 0.0184. The second-order valence-electron chi connectivity index (χ2n) is 7.48. The van der Waals surface area contributed by atoms with E-state index in [1.807, 2.05) is 20.8 Å². The van der Waals surface area contributed by atoms with Crippen molar-refractivity contribution in [3.05, 3.63) is 23.4 Å². The van der Waals surface area contributed by atoms with Gasteiger partial charge < -0.3 is 15.4 Å². The van der Waals surface area contributed by atoms with Crippen LogP contribution in [-0.4, -0.2) is 49.7 Å². The van der Waals surface area contributed by atoms with Gasteiger partial charge >= 0.3 is 6.09 Å². The van der Waals surface area contributed by atoms with E-state index in [2.05, 4.69) is 15.3 Å². The number of carbonyl (C=O) groups excluding carboxylic acids is 1. The number of nitrogen functional groups attached to an aromatic ring is 1. The SMILES string of the molecule is CC(C)(C)OC(=O)N1CCC(n2cc(-c3cc(Cl)nnc3N)c(F)n2)CC1. The minimum Gasteiger partial charge on any atom is -0.444 e. The average Bonchev–Trinajstić information content (AvgIpc) is 2.97. The van der Waals surface area contributed by atoms with Crippen LogP contribution >= 0.6 is 11.6 Å². The maximum Gasteiger partial charge on any atom is 0.410 e. The highest BCUT2D eigenvalue weighted by Crippen LogP contribution is 2.31. The Morgan fingerprint density at radius 2 is 1.96 bits per heavy atom. The molecule has 1 fully saturated rings. The molecule has 0 bridgehead atoms. The number of piperidine rings is 1. The third-order valence-corrected chi connectivity index (χ3v) is 4.44. The van der Waals surface area contributed by atoms with Crippen molar-refractivity contribution in [2.24, 2.45) is 0 Å². The van der Waals surface area contributed by atoms with Crippen molar-refractivity contribution < 1.29 is 13.9 Å². The van der Waals surface area contributed by atoms with Gasteiger partial charge in [-0.2, -0.15) is 4.39 Å². The van der Waals surface area contributed by atoms with Gasteiger partial charge in [0, 0.05) is 24.8 Å². The molecule has 8 nitrogen and oxygen atoms in total. The van der Waals surface area contributed by atoms with Crippen molar-refractivity contribution in [2.45, 2.75) is 45.3 Å². The number of halogens is 2. The molecule has 2 aromatic heterocycles. The third kappa shape index (κ3) is 4.47. The second kappa shape index (κ2) is 7.30. The zero-order valence-corrected chi connectivity index (χ0v) is 16.2. The summed E-state index contributed by atoms with van der Waals surface area (Å²) < 4.78 is 21.4. The number of anilines is 1. The molecular formula is C17H22ClFN6O2. The fraction of sp³-hybridized carbons (Fsp3) is 0.529. The Morgan fingerprint density at radius 3 is 2.59 bits per heavy atom. The first-order valence-corrected chi connectivity index (χ1v) is 9.03. The molecular weight excluding hydrogens is 375 g/mol. The van der Waals surface area contributed by atoms with Gasteiger partial charge in [0.15, 0.2) is 11.0 Å². The normalized spacial score (nSPS) is 15.8. The van der Waals surface area contributed by atoms with Crippen molar-refractivity contribution in [2.75, 3.05) is 18.8 Å². The smallest absolute Gasteiger partial charge is 0.410 e. The zero-order chi connectivity index (χ0) is 19.8. The molecule has 0 aliphatic carbocycles. The molecule has 0 spiro atoms. The lowest BCUT2D eigenvalue weighted by atomic mass is 10.1. The molecule has 146 valence electrons. The highest BCUT2D eigenvalue weighted by Gasteiger charge is 2.28. The van der Waals surface area contributed by atoms with Crippen molar-refractivity contribution in [3.8, 4) is 11.1 Å². The second-order valence-corrected chi connectivity index (χ2v) is 7.87. The standard InChI is InChI=1S/C17H22ClFN6O2/c1-17(2,3)27-16(26)24-6-4-10(5-7-24)25-9-12(14(19)23-25)11-8-13(18)21-22-15(11)20/h8-10H,4-7H2,1-3H3,(H2,20,22). The number of nitrogens with two attached hydrogens (primary N) is 1. The van der Waals surface area contributed by atoms with Crippen LogP contribution in [0.3, 0.4) is 0 Å². The molecule has 1 saturated heterocycles. The molecule has 10 heteroatoms. The van der Waals surface area contributed by atoms with Crippen LogP contribution < -0.4 is 5.73 Å². The summed E-state index contributed by atoms with van der Waals surface area (Å²) in [5.41, 5.74) is 5.82. The molecule has 0 saturated carbocycles. The van der Waals surface area contributed by atoms with E-state index in [0.717, 1.165) is 0 Å². The molecule has 1 aliphatic rings. The zero-order valence-electron chi connectivity index (χ0n) is 15.4. The number of carbonyl (C=O) groups is 1. The molecule has 0 unspecified atom stereocenters. The Labute approximate surface area is 161 Å². The van der Waals surface area contributed by atoms with Gasteiger partial charge in [-0.15, -0.1) is 15.3 Å². The lowest BCUT2D eigenvalue weighted by Gasteiger charge is -2.33. The number of likely N-dealkylation sites (tertiary alicyclic amines) is 1. The highest BCUT2D eigenvalue weighted by molar-refractivity contribution is 6.29. The molecule has 0 radical (unpaired) electrons. The summed E-state index contributed by atoms with van der Waals surface area (Å²) in [7, 11) is 0. The Kier molecular flexibility index (Phi) is 5.23. The van der Waals surface area contributed by atoms with Gasteiger partial charge in [-0.3, -0.25) is 4.68 Å².